The van der Waals surface area contributed by atoms with Crippen molar-refractivity contribution in [3.05, 3.63) is 53.7 Å². The van der Waals surface area contributed by atoms with Gasteiger partial charge in [0.05, 0.1) is 30.5 Å². The number of alkyl halides is 2. The summed E-state index contributed by atoms with van der Waals surface area (Å²) in [5, 5.41) is 0. The number of aromatic nitrogens is 2. The van der Waals surface area contributed by atoms with Crippen molar-refractivity contribution >= 4 is 22.9 Å². The largest absolute Gasteiger partial charge is 0.501 e. The van der Waals surface area contributed by atoms with E-state index in [4.69, 9.17) is 10.5 Å². The van der Waals surface area contributed by atoms with Gasteiger partial charge in [0.25, 0.3) is 5.92 Å². The van der Waals surface area contributed by atoms with E-state index in [1.54, 1.807) is 29.1 Å². The predicted octanol–water partition coefficient (Wildman–Crippen LogP) is 3.92. The molecule has 1 aliphatic rings. The van der Waals surface area contributed by atoms with E-state index in [0.717, 1.165) is 12.5 Å². The van der Waals surface area contributed by atoms with Gasteiger partial charge in [-0.15, -0.1) is 0 Å². The normalized spacial score (nSPS) is 14.3. The molecule has 0 bridgehead atoms. The van der Waals surface area contributed by atoms with Gasteiger partial charge in [-0.1, -0.05) is 6.08 Å². The van der Waals surface area contributed by atoms with Gasteiger partial charge in [-0.05, 0) is 36.1 Å². The average Bonchev–Trinajstić information content (AvgIpc) is 2.87. The van der Waals surface area contributed by atoms with Crippen LogP contribution >= 0.6 is 0 Å². The minimum atomic E-state index is -3.09. The minimum absolute atomic E-state index is 0.0543. The van der Waals surface area contributed by atoms with Gasteiger partial charge in [0, 0.05) is 38.6 Å². The quantitative estimate of drug-likeness (QED) is 0.627. The molecule has 2 aromatic rings. The second-order valence-corrected chi connectivity index (χ2v) is 7.50. The number of unbranched alkanes of at least 4 members (excludes halogenated alkanes) is 1. The molecular weight excluding hydrogens is 392 g/mol. The molecule has 2 N–H and O–H groups in total. The molecular formula is C22H25F2N3O3. The molecule has 0 spiro atoms. The van der Waals surface area contributed by atoms with E-state index in [1.165, 1.54) is 6.07 Å². The van der Waals surface area contributed by atoms with Crippen LogP contribution < -0.4 is 5.73 Å². The van der Waals surface area contributed by atoms with Crippen molar-refractivity contribution in [2.75, 3.05) is 6.61 Å². The number of fused-ring (bicyclic) bond motifs is 1. The number of allylic oxidation sites excluding steroid dienone is 2. The molecule has 0 saturated carbocycles. The van der Waals surface area contributed by atoms with Gasteiger partial charge in [-0.2, -0.15) is 0 Å². The van der Waals surface area contributed by atoms with Crippen LogP contribution in [-0.2, 0) is 26.7 Å². The fourth-order valence-corrected chi connectivity index (χ4v) is 3.38. The lowest BCUT2D eigenvalue weighted by molar-refractivity contribution is -0.120. The fraction of sp³-hybridized carbons (Fsp3) is 0.409. The molecule has 6 nitrogen and oxygen atoms in total. The second kappa shape index (κ2) is 9.19. The summed E-state index contributed by atoms with van der Waals surface area (Å²) in [5.41, 5.74) is 6.88. The van der Waals surface area contributed by atoms with Gasteiger partial charge < -0.3 is 14.9 Å². The SMILES string of the molecule is CC(F)(F)c1cc(C2=CCCOC=C2)cn2cc(CC(=O)CCCCC(N)=O)nc12. The van der Waals surface area contributed by atoms with Crippen molar-refractivity contribution in [2.45, 2.75) is 51.4 Å². The van der Waals surface area contributed by atoms with Crippen LogP contribution in [0.1, 0.15) is 55.8 Å². The molecule has 160 valence electrons. The number of nitrogens with two attached hydrogens (primary N) is 1. The fourth-order valence-electron chi connectivity index (χ4n) is 3.38. The first kappa shape index (κ1) is 21.7. The number of pyridine rings is 1. The molecule has 0 fully saturated rings. The van der Waals surface area contributed by atoms with E-state index in [0.29, 0.717) is 43.5 Å². The highest BCUT2D eigenvalue weighted by Gasteiger charge is 2.29. The number of imidazole rings is 1. The summed E-state index contributed by atoms with van der Waals surface area (Å²) in [6.07, 6.45) is 11.0. The van der Waals surface area contributed by atoms with Crippen LogP contribution in [0.3, 0.4) is 0 Å². The Bertz CT molecular complexity index is 1000. The Morgan fingerprint density at radius 3 is 2.77 bits per heavy atom. The number of halogens is 2. The zero-order chi connectivity index (χ0) is 21.7. The lowest BCUT2D eigenvalue weighted by Gasteiger charge is -2.14. The van der Waals surface area contributed by atoms with E-state index in [9.17, 15) is 18.4 Å². The molecule has 3 heterocycles. The Hall–Kier alpha value is -3.03. The number of Topliss-reactive ketones (excluding diaryl/α,β-unsaturated/α-hetero) is 1. The van der Waals surface area contributed by atoms with Crippen molar-refractivity contribution < 1.29 is 23.1 Å². The molecule has 30 heavy (non-hydrogen) atoms. The molecule has 0 saturated heterocycles. The first-order valence-corrected chi connectivity index (χ1v) is 9.92. The molecule has 0 atom stereocenters. The van der Waals surface area contributed by atoms with E-state index in [1.807, 2.05) is 6.08 Å². The first-order chi connectivity index (χ1) is 14.2. The van der Waals surface area contributed by atoms with Gasteiger partial charge in [0.2, 0.25) is 5.91 Å². The van der Waals surface area contributed by atoms with Crippen molar-refractivity contribution in [1.82, 2.24) is 9.38 Å². The van der Waals surface area contributed by atoms with Crippen LogP contribution in [0.4, 0.5) is 8.78 Å². The number of carbonyl (C=O) groups excluding carboxylic acids is 2. The van der Waals surface area contributed by atoms with Crippen molar-refractivity contribution in [3.63, 3.8) is 0 Å². The van der Waals surface area contributed by atoms with E-state index in [2.05, 4.69) is 4.98 Å². The maximum Gasteiger partial charge on any atom is 0.274 e. The number of ketones is 1. The molecule has 0 aromatic carbocycles. The number of carbonyl (C=O) groups is 2. The van der Waals surface area contributed by atoms with Crippen LogP contribution in [0, 0.1) is 0 Å². The number of rotatable bonds is 9. The third-order valence-corrected chi connectivity index (χ3v) is 4.86. The average molecular weight is 417 g/mol. The minimum Gasteiger partial charge on any atom is -0.501 e. The second-order valence-electron chi connectivity index (χ2n) is 7.50. The first-order valence-electron chi connectivity index (χ1n) is 9.92. The molecule has 8 heteroatoms. The van der Waals surface area contributed by atoms with Crippen molar-refractivity contribution in [2.24, 2.45) is 5.73 Å². The predicted molar refractivity (Wildman–Crippen MR) is 109 cm³/mol. The number of hydrogen-bond acceptors (Lipinski definition) is 4. The number of ether oxygens (including phenoxy) is 1. The summed E-state index contributed by atoms with van der Waals surface area (Å²) < 4.78 is 35.5. The Morgan fingerprint density at radius 1 is 1.27 bits per heavy atom. The maximum absolute atomic E-state index is 14.3. The van der Waals surface area contributed by atoms with E-state index in [-0.39, 0.29) is 29.8 Å². The highest BCUT2D eigenvalue weighted by molar-refractivity contribution is 5.81. The van der Waals surface area contributed by atoms with Crippen molar-refractivity contribution in [1.29, 1.82) is 0 Å². The maximum atomic E-state index is 14.3. The Kier molecular flexibility index (Phi) is 6.64. The Labute approximate surface area is 173 Å². The monoisotopic (exact) mass is 417 g/mol. The molecule has 2 aromatic heterocycles. The number of amides is 1. The summed E-state index contributed by atoms with van der Waals surface area (Å²) in [6, 6.07) is 1.44. The summed E-state index contributed by atoms with van der Waals surface area (Å²) in [5.74, 6) is -3.54. The van der Waals surface area contributed by atoms with Crippen molar-refractivity contribution in [3.8, 4) is 0 Å². The molecule has 3 rings (SSSR count). The number of hydrogen-bond donors (Lipinski definition) is 1. The number of primary amides is 1. The zero-order valence-corrected chi connectivity index (χ0v) is 16.9. The summed E-state index contributed by atoms with van der Waals surface area (Å²) in [6.45, 7) is 1.38. The van der Waals surface area contributed by atoms with Crippen LogP contribution in [0.25, 0.3) is 11.2 Å². The van der Waals surface area contributed by atoms with Gasteiger partial charge in [-0.25, -0.2) is 13.8 Å². The topological polar surface area (TPSA) is 86.7 Å². The van der Waals surface area contributed by atoms with Crippen LogP contribution in [-0.4, -0.2) is 27.7 Å². The molecule has 0 radical (unpaired) electrons. The van der Waals surface area contributed by atoms with E-state index >= 15 is 0 Å². The lowest BCUT2D eigenvalue weighted by Crippen LogP contribution is -2.10. The molecule has 0 aliphatic carbocycles. The highest BCUT2D eigenvalue weighted by atomic mass is 19.3. The summed E-state index contributed by atoms with van der Waals surface area (Å²) in [7, 11) is 0. The standard InChI is InChI=1S/C22H25F2N3O3/c1-22(23,24)19-11-16(15-5-4-9-30-10-8-15)13-27-14-17(26-21(19)27)12-18(28)6-2-3-7-20(25)29/h5,8,10-11,13-14H,2-4,6-7,9,12H2,1H3,(H2,25,29). The van der Waals surface area contributed by atoms with E-state index < -0.39 is 11.8 Å². The van der Waals surface area contributed by atoms with Gasteiger partial charge in [0.1, 0.15) is 11.4 Å². The Morgan fingerprint density at radius 2 is 2.03 bits per heavy atom. The van der Waals surface area contributed by atoms with Crippen LogP contribution in [0.15, 0.2) is 36.9 Å². The smallest absolute Gasteiger partial charge is 0.274 e. The lowest BCUT2D eigenvalue weighted by atomic mass is 10.0. The Balaban J connectivity index is 1.86. The van der Waals surface area contributed by atoms with Gasteiger partial charge in [-0.3, -0.25) is 9.59 Å². The van der Waals surface area contributed by atoms with Gasteiger partial charge >= 0.3 is 0 Å². The molecule has 1 aliphatic heterocycles. The van der Waals surface area contributed by atoms with Gasteiger partial charge in [0.15, 0.2) is 0 Å². The molecule has 1 amide bonds. The summed E-state index contributed by atoms with van der Waals surface area (Å²) >= 11 is 0. The van der Waals surface area contributed by atoms with Crippen LogP contribution in [0.5, 0.6) is 0 Å². The third-order valence-electron chi connectivity index (χ3n) is 4.86. The summed E-state index contributed by atoms with van der Waals surface area (Å²) in [4.78, 5) is 27.3. The highest BCUT2D eigenvalue weighted by Crippen LogP contribution is 2.33. The zero-order valence-electron chi connectivity index (χ0n) is 16.9. The third kappa shape index (κ3) is 5.52. The van der Waals surface area contributed by atoms with Crippen LogP contribution in [0.2, 0.25) is 0 Å². The number of nitrogens with zero attached hydrogens (tertiary/aromatic N) is 2. The molecule has 0 unspecified atom stereocenters.